The van der Waals surface area contributed by atoms with Crippen molar-refractivity contribution in [2.75, 3.05) is 5.73 Å². The highest BCUT2D eigenvalue weighted by molar-refractivity contribution is 5.48. The first-order valence-electron chi connectivity index (χ1n) is 7.31. The van der Waals surface area contributed by atoms with Crippen LogP contribution in [0.1, 0.15) is 30.1 Å². The van der Waals surface area contributed by atoms with Crippen LogP contribution in [0.2, 0.25) is 0 Å². The summed E-state index contributed by atoms with van der Waals surface area (Å²) < 4.78 is 8.10. The number of benzene rings is 1. The predicted octanol–water partition coefficient (Wildman–Crippen LogP) is 2.50. The standard InChI is InChI=1S/C16H20N4O/c1-2-5-12-10-13(17)7-8-14(12)21-11-16-19-18-15-6-3-4-9-20(15)16/h2,7-8,10H,1,3-6,9,11,17H2. The lowest BCUT2D eigenvalue weighted by molar-refractivity contribution is 0.284. The molecule has 2 aromatic rings. The molecular weight excluding hydrogens is 264 g/mol. The molecule has 5 heteroatoms. The second-order valence-corrected chi connectivity index (χ2v) is 5.29. The number of aromatic nitrogens is 3. The van der Waals surface area contributed by atoms with Crippen LogP contribution in [0.5, 0.6) is 5.75 Å². The Morgan fingerprint density at radius 1 is 1.33 bits per heavy atom. The molecule has 3 rings (SSSR count). The fourth-order valence-corrected chi connectivity index (χ4v) is 2.67. The maximum absolute atomic E-state index is 5.93. The molecule has 2 N–H and O–H groups in total. The van der Waals surface area contributed by atoms with E-state index in [4.69, 9.17) is 10.5 Å². The van der Waals surface area contributed by atoms with E-state index in [1.54, 1.807) is 0 Å². The molecule has 2 heterocycles. The van der Waals surface area contributed by atoms with Crippen molar-refractivity contribution >= 4 is 5.69 Å². The number of hydrogen-bond donors (Lipinski definition) is 1. The monoisotopic (exact) mass is 284 g/mol. The van der Waals surface area contributed by atoms with Gasteiger partial charge in [0.2, 0.25) is 0 Å². The highest BCUT2D eigenvalue weighted by Crippen LogP contribution is 2.23. The van der Waals surface area contributed by atoms with E-state index in [-0.39, 0.29) is 0 Å². The Balaban J connectivity index is 1.76. The van der Waals surface area contributed by atoms with Crippen LogP contribution in [0.3, 0.4) is 0 Å². The highest BCUT2D eigenvalue weighted by Gasteiger charge is 2.16. The third-order valence-corrected chi connectivity index (χ3v) is 3.74. The molecule has 0 radical (unpaired) electrons. The number of nitrogen functional groups attached to an aromatic ring is 1. The molecule has 0 amide bonds. The van der Waals surface area contributed by atoms with E-state index in [1.165, 1.54) is 12.8 Å². The largest absolute Gasteiger partial charge is 0.485 e. The van der Waals surface area contributed by atoms with Gasteiger partial charge in [0.05, 0.1) is 0 Å². The zero-order chi connectivity index (χ0) is 14.7. The summed E-state index contributed by atoms with van der Waals surface area (Å²) in [6.07, 6.45) is 5.97. The molecule has 0 unspecified atom stereocenters. The van der Waals surface area contributed by atoms with Crippen LogP contribution in [0, 0.1) is 0 Å². The van der Waals surface area contributed by atoms with Crippen molar-refractivity contribution in [1.82, 2.24) is 14.8 Å². The summed E-state index contributed by atoms with van der Waals surface area (Å²) in [6, 6.07) is 5.68. The quantitative estimate of drug-likeness (QED) is 0.676. The summed E-state index contributed by atoms with van der Waals surface area (Å²) in [6.45, 7) is 5.19. The predicted molar refractivity (Wildman–Crippen MR) is 82.0 cm³/mol. The van der Waals surface area contributed by atoms with Gasteiger partial charge in [0.15, 0.2) is 5.82 Å². The van der Waals surface area contributed by atoms with Gasteiger partial charge in [-0.2, -0.15) is 0 Å². The minimum Gasteiger partial charge on any atom is -0.485 e. The summed E-state index contributed by atoms with van der Waals surface area (Å²) in [7, 11) is 0. The molecule has 1 aliphatic heterocycles. The van der Waals surface area contributed by atoms with Crippen molar-refractivity contribution in [2.24, 2.45) is 0 Å². The minimum atomic E-state index is 0.432. The Hall–Kier alpha value is -2.30. The molecule has 0 spiro atoms. The van der Waals surface area contributed by atoms with Crippen LogP contribution in [-0.2, 0) is 26.0 Å². The third kappa shape index (κ3) is 2.91. The van der Waals surface area contributed by atoms with E-state index in [9.17, 15) is 0 Å². The van der Waals surface area contributed by atoms with Crippen LogP contribution in [0.15, 0.2) is 30.9 Å². The zero-order valence-corrected chi connectivity index (χ0v) is 12.1. The highest BCUT2D eigenvalue weighted by atomic mass is 16.5. The molecule has 21 heavy (non-hydrogen) atoms. The van der Waals surface area contributed by atoms with Crippen LogP contribution < -0.4 is 10.5 Å². The Morgan fingerprint density at radius 3 is 3.10 bits per heavy atom. The lowest BCUT2D eigenvalue weighted by atomic mass is 10.1. The smallest absolute Gasteiger partial charge is 0.171 e. The van der Waals surface area contributed by atoms with E-state index in [1.807, 2.05) is 24.3 Å². The molecular formula is C16H20N4O. The van der Waals surface area contributed by atoms with Crippen molar-refractivity contribution in [3.8, 4) is 5.75 Å². The molecule has 0 bridgehead atoms. The topological polar surface area (TPSA) is 66.0 Å². The summed E-state index contributed by atoms with van der Waals surface area (Å²) >= 11 is 0. The Kier molecular flexibility index (Phi) is 3.90. The SMILES string of the molecule is C=CCc1cc(N)ccc1OCc1nnc2n1CCCC2. The first-order valence-corrected chi connectivity index (χ1v) is 7.31. The van der Waals surface area contributed by atoms with E-state index in [0.717, 1.165) is 48.0 Å². The molecule has 110 valence electrons. The van der Waals surface area contributed by atoms with Crippen molar-refractivity contribution in [2.45, 2.75) is 38.8 Å². The van der Waals surface area contributed by atoms with Gasteiger partial charge in [0, 0.05) is 18.7 Å². The number of nitrogens with two attached hydrogens (primary N) is 1. The van der Waals surface area contributed by atoms with Crippen LogP contribution >= 0.6 is 0 Å². The molecule has 0 saturated heterocycles. The van der Waals surface area contributed by atoms with Crippen LogP contribution in [0.4, 0.5) is 5.69 Å². The Labute approximate surface area is 124 Å². The van der Waals surface area contributed by atoms with E-state index < -0.39 is 0 Å². The van der Waals surface area contributed by atoms with Gasteiger partial charge < -0.3 is 15.0 Å². The molecule has 0 atom stereocenters. The maximum atomic E-state index is 5.93. The van der Waals surface area contributed by atoms with Gasteiger partial charge in [0.25, 0.3) is 0 Å². The van der Waals surface area contributed by atoms with Gasteiger partial charge in [-0.15, -0.1) is 16.8 Å². The molecule has 0 fully saturated rings. The molecule has 1 aromatic heterocycles. The maximum Gasteiger partial charge on any atom is 0.171 e. The summed E-state index contributed by atoms with van der Waals surface area (Å²) in [5, 5.41) is 8.49. The Bertz CT molecular complexity index is 648. The van der Waals surface area contributed by atoms with Gasteiger partial charge >= 0.3 is 0 Å². The molecule has 1 aromatic carbocycles. The summed E-state index contributed by atoms with van der Waals surface area (Å²) in [5.41, 5.74) is 7.60. The van der Waals surface area contributed by atoms with Crippen molar-refractivity contribution in [1.29, 1.82) is 0 Å². The normalized spacial score (nSPS) is 13.7. The number of allylic oxidation sites excluding steroid dienone is 1. The minimum absolute atomic E-state index is 0.432. The van der Waals surface area contributed by atoms with Crippen molar-refractivity contribution < 1.29 is 4.74 Å². The number of ether oxygens (including phenoxy) is 1. The molecule has 0 saturated carbocycles. The summed E-state index contributed by atoms with van der Waals surface area (Å²) in [5.74, 6) is 2.80. The van der Waals surface area contributed by atoms with E-state index in [2.05, 4.69) is 21.3 Å². The zero-order valence-electron chi connectivity index (χ0n) is 12.1. The van der Waals surface area contributed by atoms with E-state index >= 15 is 0 Å². The lowest BCUT2D eigenvalue weighted by Gasteiger charge is -2.15. The van der Waals surface area contributed by atoms with Gasteiger partial charge in [-0.05, 0) is 43.0 Å². The fourth-order valence-electron chi connectivity index (χ4n) is 2.67. The average Bonchev–Trinajstić information content (AvgIpc) is 2.90. The van der Waals surface area contributed by atoms with Gasteiger partial charge in [-0.25, -0.2) is 0 Å². The van der Waals surface area contributed by atoms with Crippen LogP contribution in [-0.4, -0.2) is 14.8 Å². The molecule has 1 aliphatic rings. The fraction of sp³-hybridized carbons (Fsp3) is 0.375. The lowest BCUT2D eigenvalue weighted by Crippen LogP contribution is -2.14. The van der Waals surface area contributed by atoms with Crippen LogP contribution in [0.25, 0.3) is 0 Å². The van der Waals surface area contributed by atoms with Gasteiger partial charge in [-0.3, -0.25) is 0 Å². The number of aryl methyl sites for hydroxylation is 1. The molecule has 5 nitrogen and oxygen atoms in total. The van der Waals surface area contributed by atoms with Gasteiger partial charge in [-0.1, -0.05) is 6.08 Å². The number of anilines is 1. The van der Waals surface area contributed by atoms with E-state index in [0.29, 0.717) is 6.61 Å². The van der Waals surface area contributed by atoms with Crippen molar-refractivity contribution in [3.05, 3.63) is 48.1 Å². The second-order valence-electron chi connectivity index (χ2n) is 5.29. The third-order valence-electron chi connectivity index (χ3n) is 3.74. The Morgan fingerprint density at radius 2 is 2.24 bits per heavy atom. The number of rotatable bonds is 5. The number of fused-ring (bicyclic) bond motifs is 1. The first-order chi connectivity index (χ1) is 10.3. The summed E-state index contributed by atoms with van der Waals surface area (Å²) in [4.78, 5) is 0. The van der Waals surface area contributed by atoms with Gasteiger partial charge in [0.1, 0.15) is 18.2 Å². The second kappa shape index (κ2) is 5.99. The van der Waals surface area contributed by atoms with Crippen molar-refractivity contribution in [3.63, 3.8) is 0 Å². The molecule has 0 aliphatic carbocycles. The number of nitrogens with zero attached hydrogens (tertiary/aromatic N) is 3. The average molecular weight is 284 g/mol. The first kappa shape index (κ1) is 13.7. The number of hydrogen-bond acceptors (Lipinski definition) is 4.